The number of rotatable bonds is 5. The number of aliphatic hydroxyl groups excluding tert-OH is 2. The van der Waals surface area contributed by atoms with Crippen LogP contribution in [0.1, 0.15) is 67.2 Å². The quantitative estimate of drug-likeness (QED) is 0.364. The van der Waals surface area contributed by atoms with E-state index in [2.05, 4.69) is 26.5 Å². The van der Waals surface area contributed by atoms with Gasteiger partial charge >= 0.3 is 5.97 Å². The standard InChI is InChI=1S/C26H40O7/c1-8-16(4)24(30)32-23-22(29)21(28)18(6)31-25(23)33-26(7)13-11-19(15(2)3)10-9-17(5)20(27)12-14-26/h8,11,13,15,18-19,21-23,25,28-29H,5,9-10,12,14H2,1-4,6-7H3/b13-11+,16-8-/t18-,19-,21+,22+,23+,25+,26-/m0/s1. The zero-order valence-electron chi connectivity index (χ0n) is 20.7. The molecular formula is C26H40O7. The molecule has 2 rings (SSSR count). The van der Waals surface area contributed by atoms with Gasteiger partial charge in [0.25, 0.3) is 0 Å². The van der Waals surface area contributed by atoms with Crippen LogP contribution in [-0.2, 0) is 23.8 Å². The summed E-state index contributed by atoms with van der Waals surface area (Å²) in [6.07, 6.45) is 2.04. The lowest BCUT2D eigenvalue weighted by molar-refractivity contribution is -0.315. The highest BCUT2D eigenvalue weighted by Crippen LogP contribution is 2.33. The molecule has 0 radical (unpaired) electrons. The molecule has 1 aliphatic heterocycles. The summed E-state index contributed by atoms with van der Waals surface area (Å²) < 4.78 is 17.7. The van der Waals surface area contributed by atoms with Gasteiger partial charge in [0.1, 0.15) is 12.2 Å². The van der Waals surface area contributed by atoms with Crippen LogP contribution in [0.4, 0.5) is 0 Å². The van der Waals surface area contributed by atoms with E-state index in [1.54, 1.807) is 26.8 Å². The lowest BCUT2D eigenvalue weighted by Gasteiger charge is -2.44. The largest absolute Gasteiger partial charge is 0.451 e. The van der Waals surface area contributed by atoms with Crippen molar-refractivity contribution in [3.8, 4) is 0 Å². The molecule has 0 unspecified atom stereocenters. The molecule has 7 atom stereocenters. The minimum Gasteiger partial charge on any atom is -0.451 e. The van der Waals surface area contributed by atoms with Crippen LogP contribution in [0, 0.1) is 11.8 Å². The summed E-state index contributed by atoms with van der Waals surface area (Å²) in [5, 5.41) is 21.0. The van der Waals surface area contributed by atoms with Crippen molar-refractivity contribution >= 4 is 11.8 Å². The van der Waals surface area contributed by atoms with Crippen molar-refractivity contribution in [2.24, 2.45) is 11.8 Å². The number of Topliss-reactive ketones (excluding diaryl/α,β-unsaturated/α-hetero) is 1. The van der Waals surface area contributed by atoms with E-state index in [1.807, 2.05) is 13.0 Å². The Morgan fingerprint density at radius 2 is 1.97 bits per heavy atom. The fourth-order valence-electron chi connectivity index (χ4n) is 4.00. The van der Waals surface area contributed by atoms with E-state index in [9.17, 15) is 19.8 Å². The molecular weight excluding hydrogens is 424 g/mol. The van der Waals surface area contributed by atoms with Crippen LogP contribution in [0.15, 0.2) is 36.0 Å². The number of ketones is 1. The number of aliphatic hydroxyl groups is 2. The molecule has 0 bridgehead atoms. The molecule has 2 N–H and O–H groups in total. The molecule has 2 aliphatic rings. The summed E-state index contributed by atoms with van der Waals surface area (Å²) in [5.74, 6) is -0.0189. The molecule has 0 aromatic rings. The molecule has 1 saturated heterocycles. The molecule has 7 heteroatoms. The number of allylic oxidation sites excluding steroid dienone is 3. The lowest BCUT2D eigenvalue weighted by Crippen LogP contribution is -2.60. The second-order valence-corrected chi connectivity index (χ2v) is 9.80. The van der Waals surface area contributed by atoms with Crippen molar-refractivity contribution in [2.45, 2.75) is 104 Å². The number of ether oxygens (including phenoxy) is 3. The van der Waals surface area contributed by atoms with Gasteiger partial charge in [-0.25, -0.2) is 4.79 Å². The Morgan fingerprint density at radius 1 is 1.30 bits per heavy atom. The molecule has 0 amide bonds. The van der Waals surface area contributed by atoms with Crippen LogP contribution in [0.3, 0.4) is 0 Å². The highest BCUT2D eigenvalue weighted by molar-refractivity contribution is 5.94. The maximum absolute atomic E-state index is 12.6. The summed E-state index contributed by atoms with van der Waals surface area (Å²) in [5.41, 5.74) is 0.0587. The van der Waals surface area contributed by atoms with Gasteiger partial charge in [0.15, 0.2) is 18.2 Å². The second kappa shape index (κ2) is 11.6. The van der Waals surface area contributed by atoms with Crippen LogP contribution in [0.25, 0.3) is 0 Å². The molecule has 0 aromatic carbocycles. The topological polar surface area (TPSA) is 102 Å². The summed E-state index contributed by atoms with van der Waals surface area (Å²) >= 11 is 0. The van der Waals surface area contributed by atoms with E-state index >= 15 is 0 Å². The predicted octanol–water partition coefficient (Wildman–Crippen LogP) is 3.63. The highest BCUT2D eigenvalue weighted by atomic mass is 16.7. The Kier molecular flexibility index (Phi) is 9.61. The average Bonchev–Trinajstić information content (AvgIpc) is 2.77. The van der Waals surface area contributed by atoms with Gasteiger partial charge in [0.2, 0.25) is 0 Å². The third-order valence-electron chi connectivity index (χ3n) is 6.74. The Bertz CT molecular complexity index is 784. The lowest BCUT2D eigenvalue weighted by atomic mass is 9.84. The first kappa shape index (κ1) is 27.4. The van der Waals surface area contributed by atoms with E-state index in [1.165, 1.54) is 0 Å². The van der Waals surface area contributed by atoms with E-state index in [4.69, 9.17) is 14.2 Å². The summed E-state index contributed by atoms with van der Waals surface area (Å²) in [4.78, 5) is 25.0. The number of carbonyl (C=O) groups excluding carboxylic acids is 2. The van der Waals surface area contributed by atoms with Crippen molar-refractivity contribution in [1.82, 2.24) is 0 Å². The van der Waals surface area contributed by atoms with Crippen molar-refractivity contribution in [2.75, 3.05) is 0 Å². The Labute approximate surface area is 197 Å². The van der Waals surface area contributed by atoms with Gasteiger partial charge in [-0.2, -0.15) is 0 Å². The van der Waals surface area contributed by atoms with Gasteiger partial charge < -0.3 is 24.4 Å². The van der Waals surface area contributed by atoms with Crippen LogP contribution in [-0.4, -0.2) is 58.3 Å². The summed E-state index contributed by atoms with van der Waals surface area (Å²) in [6.45, 7) is 15.0. The molecule has 33 heavy (non-hydrogen) atoms. The molecule has 0 saturated carbocycles. The van der Waals surface area contributed by atoms with E-state index in [-0.39, 0.29) is 18.1 Å². The smallest absolute Gasteiger partial charge is 0.333 e. The van der Waals surface area contributed by atoms with E-state index in [0.717, 1.165) is 6.42 Å². The Hall–Kier alpha value is -1.80. The molecule has 0 spiro atoms. The van der Waals surface area contributed by atoms with Crippen LogP contribution in [0.5, 0.6) is 0 Å². The Morgan fingerprint density at radius 3 is 2.58 bits per heavy atom. The third-order valence-corrected chi connectivity index (χ3v) is 6.74. The van der Waals surface area contributed by atoms with Gasteiger partial charge in [0, 0.05) is 12.0 Å². The van der Waals surface area contributed by atoms with Gasteiger partial charge in [-0.05, 0) is 64.4 Å². The van der Waals surface area contributed by atoms with Crippen LogP contribution in [0.2, 0.25) is 0 Å². The van der Waals surface area contributed by atoms with Gasteiger partial charge in [0.05, 0.1) is 11.7 Å². The normalized spacial score (nSPS) is 37.7. The third kappa shape index (κ3) is 7.09. The first-order chi connectivity index (χ1) is 15.4. The molecule has 186 valence electrons. The fraction of sp³-hybridized carbons (Fsp3) is 0.692. The molecule has 1 fully saturated rings. The average molecular weight is 465 g/mol. The zero-order chi connectivity index (χ0) is 24.9. The first-order valence-electron chi connectivity index (χ1n) is 11.8. The second-order valence-electron chi connectivity index (χ2n) is 9.80. The van der Waals surface area contributed by atoms with Gasteiger partial charge in [-0.15, -0.1) is 0 Å². The predicted molar refractivity (Wildman–Crippen MR) is 125 cm³/mol. The number of esters is 1. The first-order valence-corrected chi connectivity index (χ1v) is 11.8. The van der Waals surface area contributed by atoms with Crippen molar-refractivity contribution in [3.63, 3.8) is 0 Å². The van der Waals surface area contributed by atoms with Crippen molar-refractivity contribution < 1.29 is 34.0 Å². The van der Waals surface area contributed by atoms with Gasteiger partial charge in [-0.3, -0.25) is 4.79 Å². The molecule has 7 nitrogen and oxygen atoms in total. The summed E-state index contributed by atoms with van der Waals surface area (Å²) in [7, 11) is 0. The zero-order valence-corrected chi connectivity index (χ0v) is 20.7. The molecule has 1 aliphatic carbocycles. The van der Waals surface area contributed by atoms with Crippen LogP contribution < -0.4 is 0 Å². The fourth-order valence-corrected chi connectivity index (χ4v) is 4.00. The van der Waals surface area contributed by atoms with Gasteiger partial charge in [-0.1, -0.05) is 38.7 Å². The minimum atomic E-state index is -1.38. The maximum atomic E-state index is 12.6. The maximum Gasteiger partial charge on any atom is 0.333 e. The van der Waals surface area contributed by atoms with E-state index < -0.39 is 42.3 Å². The highest BCUT2D eigenvalue weighted by Gasteiger charge is 2.48. The molecule has 1 heterocycles. The SMILES string of the molecule is C=C1CC[C@H](C(C)C)/C=C/[C@](C)(O[C@H]2O[C@@H](C)[C@@H](O)[C@@H](O)[C@H]2OC(=O)/C(C)=C\C)CCC1=O. The monoisotopic (exact) mass is 464 g/mol. The van der Waals surface area contributed by atoms with Crippen molar-refractivity contribution in [3.05, 3.63) is 36.0 Å². The van der Waals surface area contributed by atoms with Crippen molar-refractivity contribution in [1.29, 1.82) is 0 Å². The summed E-state index contributed by atoms with van der Waals surface area (Å²) in [6, 6.07) is 0. The van der Waals surface area contributed by atoms with E-state index in [0.29, 0.717) is 29.9 Å². The number of carbonyl (C=O) groups is 2. The minimum absolute atomic E-state index is 0.00250. The number of hydrogen-bond donors (Lipinski definition) is 2. The van der Waals surface area contributed by atoms with Crippen LogP contribution >= 0.6 is 0 Å². The molecule has 0 aromatic heterocycles. The Balaban J connectivity index is 2.35. The number of hydrogen-bond acceptors (Lipinski definition) is 7.